The summed E-state index contributed by atoms with van der Waals surface area (Å²) in [6.45, 7) is 7.30. The maximum absolute atomic E-state index is 12.5. The van der Waals surface area contributed by atoms with Crippen molar-refractivity contribution in [3.8, 4) is 0 Å². The molecular weight excluding hydrogens is 316 g/mol. The third kappa shape index (κ3) is 4.95. The molecule has 2 fully saturated rings. The minimum Gasteiger partial charge on any atom is -0.342 e. The van der Waals surface area contributed by atoms with E-state index in [1.165, 1.54) is 0 Å². The SMILES string of the molecule is Cc1cccc(NC(=O)N2CCCN(CC(=O)N3CCCC3)CC2)c1. The molecule has 0 spiro atoms. The highest BCUT2D eigenvalue weighted by molar-refractivity contribution is 5.89. The topological polar surface area (TPSA) is 55.9 Å². The number of benzene rings is 1. The zero-order chi connectivity index (χ0) is 17.6. The number of likely N-dealkylation sites (tertiary alicyclic amines) is 1. The molecule has 2 saturated heterocycles. The number of carbonyl (C=O) groups excluding carboxylic acids is 2. The van der Waals surface area contributed by atoms with Gasteiger partial charge >= 0.3 is 6.03 Å². The molecule has 136 valence electrons. The van der Waals surface area contributed by atoms with E-state index in [4.69, 9.17) is 0 Å². The number of hydrogen-bond acceptors (Lipinski definition) is 3. The fraction of sp³-hybridized carbons (Fsp3) is 0.579. The zero-order valence-corrected chi connectivity index (χ0v) is 15.0. The van der Waals surface area contributed by atoms with Crippen molar-refractivity contribution >= 4 is 17.6 Å². The maximum atomic E-state index is 12.5. The van der Waals surface area contributed by atoms with Crippen LogP contribution in [0.4, 0.5) is 10.5 Å². The molecule has 0 unspecified atom stereocenters. The Labute approximate surface area is 149 Å². The molecule has 2 aliphatic rings. The molecule has 3 rings (SSSR count). The molecule has 0 aliphatic carbocycles. The monoisotopic (exact) mass is 344 g/mol. The van der Waals surface area contributed by atoms with Gasteiger partial charge in [-0.15, -0.1) is 0 Å². The first-order valence-corrected chi connectivity index (χ1v) is 9.24. The minimum absolute atomic E-state index is 0.0571. The van der Waals surface area contributed by atoms with Gasteiger partial charge in [-0.05, 0) is 43.9 Å². The Morgan fingerprint density at radius 1 is 0.960 bits per heavy atom. The van der Waals surface area contributed by atoms with E-state index in [2.05, 4.69) is 10.2 Å². The van der Waals surface area contributed by atoms with E-state index in [1.807, 2.05) is 41.0 Å². The number of nitrogens with one attached hydrogen (secondary N) is 1. The van der Waals surface area contributed by atoms with Crippen molar-refractivity contribution in [2.45, 2.75) is 26.2 Å². The van der Waals surface area contributed by atoms with Gasteiger partial charge in [-0.1, -0.05) is 12.1 Å². The zero-order valence-electron chi connectivity index (χ0n) is 15.0. The second-order valence-electron chi connectivity index (χ2n) is 7.00. The standard InChI is InChI=1S/C19H28N4O2/c1-16-6-4-7-17(14-16)20-19(25)23-11-5-8-21(12-13-23)15-18(24)22-9-2-3-10-22/h4,6-7,14H,2-3,5,8-13,15H2,1H3,(H,20,25). The summed E-state index contributed by atoms with van der Waals surface area (Å²) >= 11 is 0. The molecule has 0 atom stereocenters. The number of carbonyl (C=O) groups is 2. The molecule has 6 nitrogen and oxygen atoms in total. The van der Waals surface area contributed by atoms with Crippen molar-refractivity contribution in [2.75, 3.05) is 51.1 Å². The van der Waals surface area contributed by atoms with E-state index < -0.39 is 0 Å². The summed E-state index contributed by atoms with van der Waals surface area (Å²) in [4.78, 5) is 30.8. The fourth-order valence-electron chi connectivity index (χ4n) is 3.52. The normalized spacial score (nSPS) is 18.9. The van der Waals surface area contributed by atoms with Crippen LogP contribution in [0.2, 0.25) is 0 Å². The fourth-order valence-corrected chi connectivity index (χ4v) is 3.52. The molecular formula is C19H28N4O2. The Hall–Kier alpha value is -2.08. The molecule has 1 N–H and O–H groups in total. The largest absolute Gasteiger partial charge is 0.342 e. The van der Waals surface area contributed by atoms with E-state index in [9.17, 15) is 9.59 Å². The molecule has 1 aromatic rings. The van der Waals surface area contributed by atoms with Crippen LogP contribution in [0.1, 0.15) is 24.8 Å². The van der Waals surface area contributed by atoms with Gasteiger partial charge in [0.2, 0.25) is 5.91 Å². The Morgan fingerprint density at radius 3 is 2.48 bits per heavy atom. The van der Waals surface area contributed by atoms with Crippen molar-refractivity contribution in [1.29, 1.82) is 0 Å². The van der Waals surface area contributed by atoms with Gasteiger partial charge in [-0.25, -0.2) is 4.79 Å². The predicted octanol–water partition coefficient (Wildman–Crippen LogP) is 2.16. The second kappa shape index (κ2) is 8.34. The number of hydrogen-bond donors (Lipinski definition) is 1. The average molecular weight is 344 g/mol. The molecule has 6 heteroatoms. The van der Waals surface area contributed by atoms with Crippen LogP contribution in [-0.4, -0.2) is 72.5 Å². The van der Waals surface area contributed by atoms with Crippen LogP contribution in [0.15, 0.2) is 24.3 Å². The first kappa shape index (κ1) is 17.7. The highest BCUT2D eigenvalue weighted by Crippen LogP contribution is 2.13. The Balaban J connectivity index is 1.49. The Kier molecular flexibility index (Phi) is 5.91. The number of urea groups is 1. The van der Waals surface area contributed by atoms with E-state index in [0.29, 0.717) is 13.1 Å². The van der Waals surface area contributed by atoms with Crippen molar-refractivity contribution in [3.05, 3.63) is 29.8 Å². The van der Waals surface area contributed by atoms with Crippen LogP contribution in [-0.2, 0) is 4.79 Å². The summed E-state index contributed by atoms with van der Waals surface area (Å²) in [5.41, 5.74) is 1.95. The molecule has 1 aromatic carbocycles. The van der Waals surface area contributed by atoms with Crippen LogP contribution >= 0.6 is 0 Å². The predicted molar refractivity (Wildman–Crippen MR) is 98.6 cm³/mol. The number of rotatable bonds is 3. The van der Waals surface area contributed by atoms with Crippen molar-refractivity contribution in [2.24, 2.45) is 0 Å². The molecule has 2 aliphatic heterocycles. The van der Waals surface area contributed by atoms with Crippen LogP contribution in [0, 0.1) is 6.92 Å². The molecule has 3 amide bonds. The highest BCUT2D eigenvalue weighted by Gasteiger charge is 2.23. The van der Waals surface area contributed by atoms with Gasteiger partial charge in [0.25, 0.3) is 0 Å². The summed E-state index contributed by atoms with van der Waals surface area (Å²) in [5.74, 6) is 0.232. The third-order valence-corrected chi connectivity index (χ3v) is 4.96. The highest BCUT2D eigenvalue weighted by atomic mass is 16.2. The lowest BCUT2D eigenvalue weighted by atomic mass is 10.2. The summed E-state index contributed by atoms with van der Waals surface area (Å²) in [7, 11) is 0. The molecule has 2 heterocycles. The first-order valence-electron chi connectivity index (χ1n) is 9.24. The van der Waals surface area contributed by atoms with Crippen LogP contribution in [0.5, 0.6) is 0 Å². The van der Waals surface area contributed by atoms with E-state index >= 15 is 0 Å². The van der Waals surface area contributed by atoms with Gasteiger partial charge in [0.05, 0.1) is 6.54 Å². The van der Waals surface area contributed by atoms with E-state index in [1.54, 1.807) is 0 Å². The summed E-state index contributed by atoms with van der Waals surface area (Å²) in [6, 6.07) is 7.77. The summed E-state index contributed by atoms with van der Waals surface area (Å²) in [5, 5.41) is 2.97. The van der Waals surface area contributed by atoms with Crippen molar-refractivity contribution in [1.82, 2.24) is 14.7 Å². The van der Waals surface area contributed by atoms with Gasteiger partial charge < -0.3 is 15.1 Å². The lowest BCUT2D eigenvalue weighted by molar-refractivity contribution is -0.131. The van der Waals surface area contributed by atoms with E-state index in [-0.39, 0.29) is 11.9 Å². The number of nitrogens with zero attached hydrogens (tertiary/aromatic N) is 3. The molecule has 25 heavy (non-hydrogen) atoms. The number of anilines is 1. The van der Waals surface area contributed by atoms with Gasteiger partial charge in [0.1, 0.15) is 0 Å². The molecule has 0 aromatic heterocycles. The van der Waals surface area contributed by atoms with Crippen LogP contribution < -0.4 is 5.32 Å². The van der Waals surface area contributed by atoms with E-state index in [0.717, 1.165) is 63.2 Å². The summed E-state index contributed by atoms with van der Waals surface area (Å²) < 4.78 is 0. The number of aryl methyl sites for hydroxylation is 1. The number of amides is 3. The molecule has 0 saturated carbocycles. The minimum atomic E-state index is -0.0571. The molecule has 0 radical (unpaired) electrons. The quantitative estimate of drug-likeness (QED) is 0.914. The third-order valence-electron chi connectivity index (χ3n) is 4.96. The lowest BCUT2D eigenvalue weighted by Gasteiger charge is -2.24. The van der Waals surface area contributed by atoms with Gasteiger partial charge in [0, 0.05) is 45.0 Å². The Morgan fingerprint density at radius 2 is 1.72 bits per heavy atom. The Bertz CT molecular complexity index is 613. The van der Waals surface area contributed by atoms with Gasteiger partial charge in [0.15, 0.2) is 0 Å². The maximum Gasteiger partial charge on any atom is 0.321 e. The van der Waals surface area contributed by atoms with Crippen LogP contribution in [0.3, 0.4) is 0 Å². The smallest absolute Gasteiger partial charge is 0.321 e. The average Bonchev–Trinajstić information content (AvgIpc) is 3.02. The lowest BCUT2D eigenvalue weighted by Crippen LogP contribution is -2.41. The van der Waals surface area contributed by atoms with Gasteiger partial charge in [-0.3, -0.25) is 9.69 Å². The van der Waals surface area contributed by atoms with Crippen LogP contribution in [0.25, 0.3) is 0 Å². The van der Waals surface area contributed by atoms with Crippen molar-refractivity contribution < 1.29 is 9.59 Å². The molecule has 0 bridgehead atoms. The second-order valence-corrected chi connectivity index (χ2v) is 7.00. The summed E-state index contributed by atoms with van der Waals surface area (Å²) in [6.07, 6.45) is 3.14. The van der Waals surface area contributed by atoms with Gasteiger partial charge in [-0.2, -0.15) is 0 Å². The van der Waals surface area contributed by atoms with Crippen molar-refractivity contribution in [3.63, 3.8) is 0 Å². The first-order chi connectivity index (χ1) is 12.1.